The molecular formula is C24H25FN2O4S2. The Bertz CT molecular complexity index is 1270. The fourth-order valence-corrected chi connectivity index (χ4v) is 7.27. The second kappa shape index (κ2) is 9.02. The van der Waals surface area contributed by atoms with Gasteiger partial charge in [-0.25, -0.2) is 9.37 Å². The van der Waals surface area contributed by atoms with Crippen molar-refractivity contribution in [2.45, 2.75) is 68.7 Å². The van der Waals surface area contributed by atoms with Crippen LogP contribution in [0.4, 0.5) is 4.39 Å². The van der Waals surface area contributed by atoms with Gasteiger partial charge in [-0.05, 0) is 56.2 Å². The minimum absolute atomic E-state index is 0.0261. The molecule has 1 saturated heterocycles. The number of hydrogen-bond donors (Lipinski definition) is 0. The highest BCUT2D eigenvalue weighted by atomic mass is 32.2. The third kappa shape index (κ3) is 4.09. The van der Waals surface area contributed by atoms with Crippen molar-refractivity contribution in [3.05, 3.63) is 49.9 Å². The van der Waals surface area contributed by atoms with Gasteiger partial charge in [0.25, 0.3) is 5.56 Å². The lowest BCUT2D eigenvalue weighted by molar-refractivity contribution is -0.0171. The first kappa shape index (κ1) is 21.6. The number of thiophene rings is 1. The Kier molecular flexibility index (Phi) is 5.90. The average molecular weight is 489 g/mol. The summed E-state index contributed by atoms with van der Waals surface area (Å²) >= 11 is 3.11. The van der Waals surface area contributed by atoms with Crippen molar-refractivity contribution in [3.63, 3.8) is 0 Å². The lowest BCUT2D eigenvalue weighted by Gasteiger charge is -2.21. The summed E-state index contributed by atoms with van der Waals surface area (Å²) in [6.45, 7) is 1.73. The summed E-state index contributed by atoms with van der Waals surface area (Å²) in [5.74, 6) is 0.814. The van der Waals surface area contributed by atoms with Gasteiger partial charge in [0.05, 0.1) is 24.6 Å². The van der Waals surface area contributed by atoms with E-state index in [0.29, 0.717) is 35.4 Å². The van der Waals surface area contributed by atoms with E-state index in [1.165, 1.54) is 40.8 Å². The highest BCUT2D eigenvalue weighted by Gasteiger charge is 2.25. The Balaban J connectivity index is 1.39. The second-order valence-corrected chi connectivity index (χ2v) is 10.8. The van der Waals surface area contributed by atoms with Crippen LogP contribution in [-0.4, -0.2) is 29.1 Å². The van der Waals surface area contributed by atoms with Crippen molar-refractivity contribution < 1.29 is 18.6 Å². The molecular weight excluding hydrogens is 463 g/mol. The Morgan fingerprint density at radius 1 is 1.24 bits per heavy atom. The number of aromatic nitrogens is 2. The minimum atomic E-state index is -0.315. The Morgan fingerprint density at radius 2 is 2.15 bits per heavy atom. The van der Waals surface area contributed by atoms with Gasteiger partial charge in [-0.2, -0.15) is 0 Å². The summed E-state index contributed by atoms with van der Waals surface area (Å²) < 4.78 is 32.8. The van der Waals surface area contributed by atoms with E-state index in [4.69, 9.17) is 19.2 Å². The standard InChI is InChI=1S/C24H25FN2O4S2/c25-16-8-14-11-29-13-31-21(14)15(9-16)12-32-24-26-22-20(18-5-1-2-6-19(18)33-22)23(28)27(24)10-17-4-3-7-30-17/h8-9,17H,1-7,10-13H2. The van der Waals surface area contributed by atoms with Gasteiger partial charge < -0.3 is 14.2 Å². The smallest absolute Gasteiger partial charge is 0.263 e. The SMILES string of the molecule is O=c1c2c3c(sc2nc(SCc2cc(F)cc4c2OCOC4)n1CC1CCCO1)CCCC3. The van der Waals surface area contributed by atoms with Crippen LogP contribution >= 0.6 is 23.1 Å². The van der Waals surface area contributed by atoms with Crippen LogP contribution in [-0.2, 0) is 41.2 Å². The monoisotopic (exact) mass is 488 g/mol. The highest BCUT2D eigenvalue weighted by molar-refractivity contribution is 7.98. The molecule has 0 spiro atoms. The first-order valence-electron chi connectivity index (χ1n) is 11.5. The van der Waals surface area contributed by atoms with E-state index < -0.39 is 0 Å². The molecule has 0 amide bonds. The molecule has 0 radical (unpaired) electrons. The van der Waals surface area contributed by atoms with Crippen LogP contribution in [0, 0.1) is 5.82 Å². The molecule has 0 bridgehead atoms. The third-order valence-corrected chi connectivity index (χ3v) is 8.77. The maximum Gasteiger partial charge on any atom is 0.263 e. The van der Waals surface area contributed by atoms with Crippen molar-refractivity contribution >= 4 is 33.3 Å². The molecule has 3 aromatic rings. The van der Waals surface area contributed by atoms with Crippen molar-refractivity contribution in [1.82, 2.24) is 9.55 Å². The van der Waals surface area contributed by atoms with E-state index in [9.17, 15) is 9.18 Å². The maximum absolute atomic E-state index is 14.2. The van der Waals surface area contributed by atoms with Gasteiger partial charge in [-0.3, -0.25) is 9.36 Å². The quantitative estimate of drug-likeness (QED) is 0.379. The summed E-state index contributed by atoms with van der Waals surface area (Å²) in [5.41, 5.74) is 2.69. The molecule has 0 saturated carbocycles. The number of halogens is 1. The summed E-state index contributed by atoms with van der Waals surface area (Å²) in [6, 6.07) is 2.96. The fraction of sp³-hybridized carbons (Fsp3) is 0.500. The zero-order valence-electron chi connectivity index (χ0n) is 18.2. The van der Waals surface area contributed by atoms with Crippen LogP contribution in [0.2, 0.25) is 0 Å². The van der Waals surface area contributed by atoms with Crippen molar-refractivity contribution in [1.29, 1.82) is 0 Å². The summed E-state index contributed by atoms with van der Waals surface area (Å²) in [5, 5.41) is 1.45. The molecule has 174 valence electrons. The number of benzene rings is 1. The van der Waals surface area contributed by atoms with Crippen LogP contribution in [0.15, 0.2) is 22.1 Å². The molecule has 33 heavy (non-hydrogen) atoms. The van der Waals surface area contributed by atoms with Crippen molar-refractivity contribution in [2.75, 3.05) is 13.4 Å². The Labute approximate surface area is 199 Å². The van der Waals surface area contributed by atoms with E-state index >= 15 is 0 Å². The molecule has 1 atom stereocenters. The Hall–Kier alpha value is -1.94. The van der Waals surface area contributed by atoms with E-state index in [-0.39, 0.29) is 24.3 Å². The van der Waals surface area contributed by atoms with Gasteiger partial charge in [-0.1, -0.05) is 11.8 Å². The van der Waals surface area contributed by atoms with Gasteiger partial charge in [-0.15, -0.1) is 11.3 Å². The van der Waals surface area contributed by atoms with E-state index in [1.807, 2.05) is 0 Å². The van der Waals surface area contributed by atoms with Crippen molar-refractivity contribution in [3.8, 4) is 5.75 Å². The predicted molar refractivity (Wildman–Crippen MR) is 126 cm³/mol. The maximum atomic E-state index is 14.2. The first-order chi connectivity index (χ1) is 16.2. The molecule has 4 heterocycles. The number of hydrogen-bond acceptors (Lipinski definition) is 7. The molecule has 9 heteroatoms. The largest absolute Gasteiger partial charge is 0.467 e. The molecule has 1 fully saturated rings. The number of rotatable bonds is 5. The zero-order chi connectivity index (χ0) is 22.4. The second-order valence-electron chi connectivity index (χ2n) is 8.79. The molecule has 1 aromatic carbocycles. The highest BCUT2D eigenvalue weighted by Crippen LogP contribution is 2.37. The molecule has 1 aliphatic carbocycles. The van der Waals surface area contributed by atoms with E-state index in [1.54, 1.807) is 15.9 Å². The van der Waals surface area contributed by atoms with Crippen LogP contribution in [0.1, 0.15) is 47.3 Å². The van der Waals surface area contributed by atoms with Crippen LogP contribution < -0.4 is 10.3 Å². The van der Waals surface area contributed by atoms with Crippen LogP contribution in [0.25, 0.3) is 10.2 Å². The molecule has 6 rings (SSSR count). The van der Waals surface area contributed by atoms with Gasteiger partial charge in [0, 0.05) is 28.4 Å². The lowest BCUT2D eigenvalue weighted by Crippen LogP contribution is -2.29. The predicted octanol–water partition coefficient (Wildman–Crippen LogP) is 4.81. The molecule has 6 nitrogen and oxygen atoms in total. The van der Waals surface area contributed by atoms with Gasteiger partial charge >= 0.3 is 0 Å². The zero-order valence-corrected chi connectivity index (χ0v) is 19.9. The lowest BCUT2D eigenvalue weighted by atomic mass is 9.97. The topological polar surface area (TPSA) is 62.6 Å². The molecule has 1 unspecified atom stereocenters. The van der Waals surface area contributed by atoms with Gasteiger partial charge in [0.1, 0.15) is 16.4 Å². The normalized spacial score (nSPS) is 20.0. The Morgan fingerprint density at radius 3 is 3.03 bits per heavy atom. The summed E-state index contributed by atoms with van der Waals surface area (Å²) in [4.78, 5) is 20.8. The number of nitrogens with zero attached hydrogens (tertiary/aromatic N) is 2. The van der Waals surface area contributed by atoms with Gasteiger partial charge in [0.2, 0.25) is 0 Å². The molecule has 3 aliphatic rings. The van der Waals surface area contributed by atoms with Crippen LogP contribution in [0.5, 0.6) is 5.75 Å². The summed E-state index contributed by atoms with van der Waals surface area (Å²) in [7, 11) is 0. The molecule has 0 N–H and O–H groups in total. The average Bonchev–Trinajstić information content (AvgIpc) is 3.47. The fourth-order valence-electron chi connectivity index (χ4n) is 4.99. The molecule has 2 aliphatic heterocycles. The number of thioether (sulfide) groups is 1. The number of ether oxygens (including phenoxy) is 3. The first-order valence-corrected chi connectivity index (χ1v) is 13.3. The van der Waals surface area contributed by atoms with Crippen molar-refractivity contribution in [2.24, 2.45) is 0 Å². The molecule has 2 aromatic heterocycles. The summed E-state index contributed by atoms with van der Waals surface area (Å²) in [6.07, 6.45) is 6.25. The van der Waals surface area contributed by atoms with E-state index in [0.717, 1.165) is 54.5 Å². The van der Waals surface area contributed by atoms with E-state index in [2.05, 4.69) is 0 Å². The van der Waals surface area contributed by atoms with Gasteiger partial charge in [0.15, 0.2) is 11.9 Å². The number of aryl methyl sites for hydroxylation is 2. The third-order valence-electron chi connectivity index (χ3n) is 6.56. The number of fused-ring (bicyclic) bond motifs is 4. The van der Waals surface area contributed by atoms with Crippen LogP contribution in [0.3, 0.4) is 0 Å². The minimum Gasteiger partial charge on any atom is -0.467 e.